The summed E-state index contributed by atoms with van der Waals surface area (Å²) < 4.78 is 13.4. The molecule has 1 heterocycles. The number of pyridine rings is 1. The van der Waals surface area contributed by atoms with Crippen LogP contribution in [-0.4, -0.2) is 10.9 Å². The molecule has 1 aromatic heterocycles. The molecule has 0 aliphatic carbocycles. The van der Waals surface area contributed by atoms with Crippen molar-refractivity contribution in [1.82, 2.24) is 4.98 Å². The lowest BCUT2D eigenvalue weighted by molar-refractivity contribution is -0.114. The van der Waals surface area contributed by atoms with Crippen LogP contribution < -0.4 is 5.32 Å². The molecule has 0 atom stereocenters. The molecule has 0 aliphatic rings. The lowest BCUT2D eigenvalue weighted by Gasteiger charge is -2.06. The van der Waals surface area contributed by atoms with Gasteiger partial charge in [-0.25, -0.2) is 4.39 Å². The van der Waals surface area contributed by atoms with Crippen LogP contribution in [0.15, 0.2) is 30.5 Å². The van der Waals surface area contributed by atoms with Gasteiger partial charge in [0.15, 0.2) is 0 Å². The molecule has 3 nitrogen and oxygen atoms in total. The molecule has 0 aliphatic heterocycles. The van der Waals surface area contributed by atoms with Gasteiger partial charge < -0.3 is 5.32 Å². The number of fused-ring (bicyclic) bond motifs is 1. The first-order valence-corrected chi connectivity index (χ1v) is 4.49. The minimum Gasteiger partial charge on any atom is -0.324 e. The van der Waals surface area contributed by atoms with E-state index in [9.17, 15) is 9.18 Å². The summed E-state index contributed by atoms with van der Waals surface area (Å²) in [5.41, 5.74) is 0.993. The normalized spacial score (nSPS) is 10.3. The molecule has 0 saturated heterocycles. The Labute approximate surface area is 85.9 Å². The first-order valence-electron chi connectivity index (χ1n) is 4.49. The maximum atomic E-state index is 13.4. The second kappa shape index (κ2) is 3.65. The number of nitrogens with zero attached hydrogens (tertiary/aromatic N) is 1. The van der Waals surface area contributed by atoms with E-state index in [4.69, 9.17) is 0 Å². The fourth-order valence-electron chi connectivity index (χ4n) is 1.43. The summed E-state index contributed by atoms with van der Waals surface area (Å²) in [5, 5.41) is 3.01. The first-order chi connectivity index (χ1) is 7.18. The molecule has 1 amide bonds. The van der Waals surface area contributed by atoms with Crippen molar-refractivity contribution in [2.75, 3.05) is 5.32 Å². The van der Waals surface area contributed by atoms with E-state index in [1.54, 1.807) is 18.3 Å². The second-order valence-corrected chi connectivity index (χ2v) is 3.18. The van der Waals surface area contributed by atoms with E-state index in [0.29, 0.717) is 16.6 Å². The number of anilines is 1. The number of carbonyl (C=O) groups excluding carboxylic acids is 1. The van der Waals surface area contributed by atoms with Gasteiger partial charge in [0.25, 0.3) is 0 Å². The predicted octanol–water partition coefficient (Wildman–Crippen LogP) is 2.33. The van der Waals surface area contributed by atoms with Crippen molar-refractivity contribution in [2.45, 2.75) is 6.92 Å². The third-order valence-corrected chi connectivity index (χ3v) is 2.03. The number of halogens is 1. The van der Waals surface area contributed by atoms with Crippen LogP contribution >= 0.6 is 0 Å². The maximum absolute atomic E-state index is 13.4. The molecule has 2 aromatic rings. The van der Waals surface area contributed by atoms with Gasteiger partial charge in [-0.05, 0) is 24.3 Å². The van der Waals surface area contributed by atoms with Crippen molar-refractivity contribution < 1.29 is 9.18 Å². The Hall–Kier alpha value is -1.97. The minimum atomic E-state index is -0.341. The Morgan fingerprint density at radius 1 is 1.40 bits per heavy atom. The summed E-state index contributed by atoms with van der Waals surface area (Å²) in [5.74, 6) is -0.541. The molecule has 0 bridgehead atoms. The standard InChI is InChI=1S/C11H9FN2O/c1-7(15)14-10-5-4-9(12)8-3-2-6-13-11(8)10/h2-6H,1H3,(H,14,15). The third kappa shape index (κ3) is 1.79. The quantitative estimate of drug-likeness (QED) is 0.774. The van der Waals surface area contributed by atoms with E-state index in [0.717, 1.165) is 0 Å². The molecular formula is C11H9FN2O. The monoisotopic (exact) mass is 204 g/mol. The zero-order valence-corrected chi connectivity index (χ0v) is 8.12. The SMILES string of the molecule is CC(=O)Nc1ccc(F)c2cccnc12. The lowest BCUT2D eigenvalue weighted by atomic mass is 10.2. The fraction of sp³-hybridized carbons (Fsp3) is 0.0909. The largest absolute Gasteiger partial charge is 0.324 e. The molecule has 15 heavy (non-hydrogen) atoms. The van der Waals surface area contributed by atoms with Crippen LogP contribution in [0.5, 0.6) is 0 Å². The molecule has 2 rings (SSSR count). The molecule has 0 fully saturated rings. The molecule has 4 heteroatoms. The van der Waals surface area contributed by atoms with Crippen molar-refractivity contribution in [2.24, 2.45) is 0 Å². The lowest BCUT2D eigenvalue weighted by Crippen LogP contribution is -2.06. The number of rotatable bonds is 1. The molecule has 0 saturated carbocycles. The van der Waals surface area contributed by atoms with Crippen molar-refractivity contribution in [3.8, 4) is 0 Å². The van der Waals surface area contributed by atoms with Gasteiger partial charge in [0, 0.05) is 18.5 Å². The number of carbonyl (C=O) groups is 1. The summed E-state index contributed by atoms with van der Waals surface area (Å²) in [6, 6.07) is 6.10. The number of benzene rings is 1. The average Bonchev–Trinajstić information content (AvgIpc) is 2.22. The van der Waals surface area contributed by atoms with E-state index in [1.807, 2.05) is 0 Å². The molecule has 0 unspecified atom stereocenters. The van der Waals surface area contributed by atoms with Crippen LogP contribution in [0.25, 0.3) is 10.9 Å². The van der Waals surface area contributed by atoms with Crippen molar-refractivity contribution >= 4 is 22.5 Å². The number of amides is 1. The summed E-state index contributed by atoms with van der Waals surface area (Å²) in [6.45, 7) is 1.40. The molecule has 0 spiro atoms. The molecule has 1 aromatic carbocycles. The summed E-state index contributed by atoms with van der Waals surface area (Å²) in [4.78, 5) is 14.9. The van der Waals surface area contributed by atoms with Crippen LogP contribution in [-0.2, 0) is 4.79 Å². The van der Waals surface area contributed by atoms with Gasteiger partial charge in [0.2, 0.25) is 5.91 Å². The highest BCUT2D eigenvalue weighted by Gasteiger charge is 2.06. The van der Waals surface area contributed by atoms with Gasteiger partial charge >= 0.3 is 0 Å². The summed E-state index contributed by atoms with van der Waals surface area (Å²) in [6.07, 6.45) is 1.56. The van der Waals surface area contributed by atoms with E-state index < -0.39 is 0 Å². The smallest absolute Gasteiger partial charge is 0.221 e. The van der Waals surface area contributed by atoms with Gasteiger partial charge in [-0.3, -0.25) is 9.78 Å². The minimum absolute atomic E-state index is 0.200. The number of hydrogen-bond donors (Lipinski definition) is 1. The zero-order valence-electron chi connectivity index (χ0n) is 8.12. The Morgan fingerprint density at radius 2 is 2.20 bits per heavy atom. The van der Waals surface area contributed by atoms with Gasteiger partial charge in [0.1, 0.15) is 5.82 Å². The topological polar surface area (TPSA) is 42.0 Å². The zero-order chi connectivity index (χ0) is 10.8. The number of hydrogen-bond acceptors (Lipinski definition) is 2. The van der Waals surface area contributed by atoms with Gasteiger partial charge in [-0.15, -0.1) is 0 Å². The van der Waals surface area contributed by atoms with Crippen LogP contribution in [0, 0.1) is 5.82 Å². The molecular weight excluding hydrogens is 195 g/mol. The molecule has 0 radical (unpaired) electrons. The van der Waals surface area contributed by atoms with Gasteiger partial charge in [0.05, 0.1) is 11.2 Å². The molecule has 76 valence electrons. The number of nitrogens with one attached hydrogen (secondary N) is 1. The molecule has 1 N–H and O–H groups in total. The summed E-state index contributed by atoms with van der Waals surface area (Å²) in [7, 11) is 0. The Balaban J connectivity index is 2.66. The van der Waals surface area contributed by atoms with Crippen LogP contribution in [0.2, 0.25) is 0 Å². The Bertz CT molecular complexity index is 525. The highest BCUT2D eigenvalue weighted by molar-refractivity contribution is 5.99. The first kappa shape index (κ1) is 9.58. The predicted molar refractivity (Wildman–Crippen MR) is 56.0 cm³/mol. The summed E-state index contributed by atoms with van der Waals surface area (Å²) >= 11 is 0. The van der Waals surface area contributed by atoms with Gasteiger partial charge in [-0.1, -0.05) is 0 Å². The average molecular weight is 204 g/mol. The third-order valence-electron chi connectivity index (χ3n) is 2.03. The fourth-order valence-corrected chi connectivity index (χ4v) is 1.43. The van der Waals surface area contributed by atoms with Crippen molar-refractivity contribution in [1.29, 1.82) is 0 Å². The van der Waals surface area contributed by atoms with E-state index >= 15 is 0 Å². The van der Waals surface area contributed by atoms with Crippen molar-refractivity contribution in [3.05, 3.63) is 36.3 Å². The van der Waals surface area contributed by atoms with Gasteiger partial charge in [-0.2, -0.15) is 0 Å². The second-order valence-electron chi connectivity index (χ2n) is 3.18. The highest BCUT2D eigenvalue weighted by Crippen LogP contribution is 2.23. The van der Waals surface area contributed by atoms with Crippen LogP contribution in [0.1, 0.15) is 6.92 Å². The Morgan fingerprint density at radius 3 is 2.93 bits per heavy atom. The number of aromatic nitrogens is 1. The van der Waals surface area contributed by atoms with E-state index in [-0.39, 0.29) is 11.7 Å². The Kier molecular flexibility index (Phi) is 2.33. The van der Waals surface area contributed by atoms with E-state index in [1.165, 1.54) is 19.1 Å². The highest BCUT2D eigenvalue weighted by atomic mass is 19.1. The van der Waals surface area contributed by atoms with E-state index in [2.05, 4.69) is 10.3 Å². The van der Waals surface area contributed by atoms with Crippen molar-refractivity contribution in [3.63, 3.8) is 0 Å². The van der Waals surface area contributed by atoms with Crippen LogP contribution in [0.4, 0.5) is 10.1 Å². The maximum Gasteiger partial charge on any atom is 0.221 e. The van der Waals surface area contributed by atoms with Crippen LogP contribution in [0.3, 0.4) is 0 Å².